The summed E-state index contributed by atoms with van der Waals surface area (Å²) in [5, 5.41) is 11.1. The van der Waals surface area contributed by atoms with Crippen molar-refractivity contribution in [2.45, 2.75) is 58.2 Å². The highest BCUT2D eigenvalue weighted by Gasteiger charge is 2.62. The number of allylic oxidation sites excluding steroid dienone is 1. The Morgan fingerprint density at radius 3 is 2.71 bits per heavy atom. The highest BCUT2D eigenvalue weighted by Crippen LogP contribution is 2.52. The lowest BCUT2D eigenvalue weighted by molar-refractivity contribution is -0.160. The number of aliphatic hydroxyl groups is 1. The first-order valence-electron chi connectivity index (χ1n) is 10.8. The Balaban J connectivity index is 1.57. The lowest BCUT2D eigenvalue weighted by Gasteiger charge is -2.45. The summed E-state index contributed by atoms with van der Waals surface area (Å²) in [6.07, 6.45) is 9.92. The number of rotatable bonds is 4. The Labute approximate surface area is 167 Å². The molecule has 1 aromatic rings. The van der Waals surface area contributed by atoms with Gasteiger partial charge in [-0.3, -0.25) is 4.98 Å². The van der Waals surface area contributed by atoms with Crippen molar-refractivity contribution in [1.82, 2.24) is 4.98 Å². The fraction of sp³-hybridized carbons (Fsp3) is 0.652. The molecule has 5 heteroatoms. The van der Waals surface area contributed by atoms with Gasteiger partial charge in [-0.2, -0.15) is 0 Å². The van der Waals surface area contributed by atoms with E-state index in [2.05, 4.69) is 48.0 Å². The number of esters is 1. The van der Waals surface area contributed by atoms with Gasteiger partial charge in [-0.1, -0.05) is 26.3 Å². The number of hydrogen-bond acceptors (Lipinski definition) is 5. The minimum atomic E-state index is -1.35. The quantitative estimate of drug-likeness (QED) is 0.803. The highest BCUT2D eigenvalue weighted by atomic mass is 16.6. The van der Waals surface area contributed by atoms with Crippen LogP contribution in [0.2, 0.25) is 0 Å². The van der Waals surface area contributed by atoms with Gasteiger partial charge in [0.1, 0.15) is 6.10 Å². The summed E-state index contributed by atoms with van der Waals surface area (Å²) in [7, 11) is 0. The Kier molecular flexibility index (Phi) is 5.21. The van der Waals surface area contributed by atoms with Crippen LogP contribution in [0.1, 0.15) is 52.1 Å². The minimum Gasteiger partial charge on any atom is -0.460 e. The van der Waals surface area contributed by atoms with Crippen LogP contribution in [0.15, 0.2) is 24.4 Å². The zero-order chi connectivity index (χ0) is 19.9. The van der Waals surface area contributed by atoms with Crippen LogP contribution in [-0.4, -0.2) is 40.9 Å². The van der Waals surface area contributed by atoms with Gasteiger partial charge in [-0.25, -0.2) is 4.79 Å². The number of nitrogens with zero attached hydrogens (tertiary/aromatic N) is 2. The molecule has 1 saturated carbocycles. The van der Waals surface area contributed by atoms with Crippen LogP contribution >= 0.6 is 0 Å². The van der Waals surface area contributed by atoms with Crippen molar-refractivity contribution < 1.29 is 14.6 Å². The summed E-state index contributed by atoms with van der Waals surface area (Å²) in [6.45, 7) is 8.47. The molecule has 1 aromatic heterocycles. The Morgan fingerprint density at radius 1 is 1.32 bits per heavy atom. The van der Waals surface area contributed by atoms with E-state index < -0.39 is 11.6 Å². The average Bonchev–Trinajstić information content (AvgIpc) is 3.27. The monoisotopic (exact) mass is 384 g/mol. The normalized spacial score (nSPS) is 38.1. The van der Waals surface area contributed by atoms with Gasteiger partial charge >= 0.3 is 5.97 Å². The zero-order valence-corrected chi connectivity index (χ0v) is 17.2. The smallest absolute Gasteiger partial charge is 0.338 e. The summed E-state index contributed by atoms with van der Waals surface area (Å²) in [5.74, 6) is 0.144. The van der Waals surface area contributed by atoms with Crippen LogP contribution in [0.4, 0.5) is 5.69 Å². The van der Waals surface area contributed by atoms with Crippen LogP contribution in [0, 0.1) is 23.7 Å². The number of aromatic nitrogens is 1. The third kappa shape index (κ3) is 3.24. The first-order chi connectivity index (χ1) is 13.4. The van der Waals surface area contributed by atoms with Crippen molar-refractivity contribution >= 4 is 17.7 Å². The molecule has 3 heterocycles. The first-order valence-corrected chi connectivity index (χ1v) is 10.8. The van der Waals surface area contributed by atoms with Gasteiger partial charge < -0.3 is 14.7 Å². The molecule has 152 valence electrons. The van der Waals surface area contributed by atoms with Gasteiger partial charge in [0.05, 0.1) is 17.6 Å². The fourth-order valence-electron chi connectivity index (χ4n) is 5.81. The maximum absolute atomic E-state index is 12.4. The van der Waals surface area contributed by atoms with E-state index in [0.717, 1.165) is 25.2 Å². The first kappa shape index (κ1) is 19.4. The van der Waals surface area contributed by atoms with E-state index in [1.54, 1.807) is 0 Å². The number of hydrogen-bond donors (Lipinski definition) is 1. The van der Waals surface area contributed by atoms with Crippen LogP contribution in [0.25, 0.3) is 6.08 Å². The molecular formula is C23H32N2O3. The highest BCUT2D eigenvalue weighted by molar-refractivity contribution is 5.82. The van der Waals surface area contributed by atoms with Crippen molar-refractivity contribution in [3.8, 4) is 0 Å². The number of anilines is 1. The maximum atomic E-state index is 12.4. The average molecular weight is 385 g/mol. The van der Waals surface area contributed by atoms with E-state index >= 15 is 0 Å². The maximum Gasteiger partial charge on any atom is 0.338 e. The van der Waals surface area contributed by atoms with E-state index in [9.17, 15) is 9.90 Å². The number of ether oxygens (including phenoxy) is 1. The molecule has 2 aliphatic heterocycles. The molecule has 28 heavy (non-hydrogen) atoms. The topological polar surface area (TPSA) is 62.7 Å². The molecular weight excluding hydrogens is 352 g/mol. The minimum absolute atomic E-state index is 0.0975. The van der Waals surface area contributed by atoms with Crippen LogP contribution < -0.4 is 4.90 Å². The van der Waals surface area contributed by atoms with Gasteiger partial charge in [0.2, 0.25) is 0 Å². The predicted molar refractivity (Wildman–Crippen MR) is 110 cm³/mol. The van der Waals surface area contributed by atoms with Crippen molar-refractivity contribution in [3.05, 3.63) is 30.1 Å². The van der Waals surface area contributed by atoms with Crippen LogP contribution in [0.3, 0.4) is 0 Å². The Bertz CT molecular complexity index is 741. The SMILES string of the molecule is CCC1C(C)CC2(O)C(=O)OC(C)C2C1/C=C/c1ccc(N2CCCC2)cn1. The molecule has 1 N–H and O–H groups in total. The number of cyclic esters (lactones) is 1. The van der Waals surface area contributed by atoms with Gasteiger partial charge in [-0.15, -0.1) is 0 Å². The second-order valence-electron chi connectivity index (χ2n) is 8.89. The van der Waals surface area contributed by atoms with Crippen LogP contribution in [-0.2, 0) is 9.53 Å². The molecule has 0 aromatic carbocycles. The molecule has 0 spiro atoms. The summed E-state index contributed by atoms with van der Waals surface area (Å²) in [5.41, 5.74) is 0.745. The second kappa shape index (κ2) is 7.51. The molecule has 5 nitrogen and oxygen atoms in total. The molecule has 6 atom stereocenters. The lowest BCUT2D eigenvalue weighted by atomic mass is 9.59. The summed E-state index contributed by atoms with van der Waals surface area (Å²) in [6, 6.07) is 4.20. The Hall–Kier alpha value is -1.88. The van der Waals surface area contributed by atoms with E-state index in [0.29, 0.717) is 12.3 Å². The van der Waals surface area contributed by atoms with E-state index in [-0.39, 0.29) is 23.9 Å². The zero-order valence-electron chi connectivity index (χ0n) is 17.2. The van der Waals surface area contributed by atoms with E-state index in [4.69, 9.17) is 4.74 Å². The molecule has 0 bridgehead atoms. The predicted octanol–water partition coefficient (Wildman–Crippen LogP) is 3.67. The summed E-state index contributed by atoms with van der Waals surface area (Å²) < 4.78 is 5.46. The molecule has 6 unspecified atom stereocenters. The van der Waals surface area contributed by atoms with Gasteiger partial charge in [0.15, 0.2) is 5.60 Å². The molecule has 2 saturated heterocycles. The largest absolute Gasteiger partial charge is 0.460 e. The van der Waals surface area contributed by atoms with Crippen molar-refractivity contribution in [2.24, 2.45) is 23.7 Å². The van der Waals surface area contributed by atoms with Crippen molar-refractivity contribution in [1.29, 1.82) is 0 Å². The van der Waals surface area contributed by atoms with Crippen molar-refractivity contribution in [2.75, 3.05) is 18.0 Å². The lowest BCUT2D eigenvalue weighted by Crippen LogP contribution is -2.53. The van der Waals surface area contributed by atoms with Gasteiger partial charge in [-0.05, 0) is 62.1 Å². The third-order valence-electron chi connectivity index (χ3n) is 7.18. The molecule has 0 amide bonds. The second-order valence-corrected chi connectivity index (χ2v) is 8.89. The van der Waals surface area contributed by atoms with E-state index in [1.165, 1.54) is 18.5 Å². The molecule has 1 aliphatic carbocycles. The summed E-state index contributed by atoms with van der Waals surface area (Å²) >= 11 is 0. The van der Waals surface area contributed by atoms with Gasteiger partial charge in [0, 0.05) is 19.0 Å². The van der Waals surface area contributed by atoms with Gasteiger partial charge in [0.25, 0.3) is 0 Å². The van der Waals surface area contributed by atoms with Crippen LogP contribution in [0.5, 0.6) is 0 Å². The number of pyridine rings is 1. The summed E-state index contributed by atoms with van der Waals surface area (Å²) in [4.78, 5) is 19.4. The molecule has 3 aliphatic rings. The van der Waals surface area contributed by atoms with Crippen molar-refractivity contribution in [3.63, 3.8) is 0 Å². The molecule has 4 rings (SSSR count). The number of carbonyl (C=O) groups excluding carboxylic acids is 1. The number of fused-ring (bicyclic) bond motifs is 1. The third-order valence-corrected chi connectivity index (χ3v) is 7.18. The molecule has 3 fully saturated rings. The standard InChI is InChI=1S/C23H32N2O3/c1-4-19-15(2)13-23(27)21(16(3)28-22(23)26)20(19)10-8-17-7-9-18(14-24-17)25-11-5-6-12-25/h7-10,14-16,19-21,27H,4-6,11-13H2,1-3H3/b10-8+. The van der Waals surface area contributed by atoms with E-state index in [1.807, 2.05) is 13.1 Å². The Morgan fingerprint density at radius 2 is 2.07 bits per heavy atom. The molecule has 0 radical (unpaired) electrons. The fourth-order valence-corrected chi connectivity index (χ4v) is 5.81. The number of carbonyl (C=O) groups is 1.